The zero-order valence-corrected chi connectivity index (χ0v) is 24.9. The van der Waals surface area contributed by atoms with E-state index in [4.69, 9.17) is 21.3 Å². The molecule has 0 aromatic carbocycles. The van der Waals surface area contributed by atoms with E-state index in [1.807, 2.05) is 34.6 Å². The summed E-state index contributed by atoms with van der Waals surface area (Å²) >= 11 is 5.70. The molecular formula is C28H49ClN2O7. The number of halogens is 1. The molecule has 1 amide bonds. The molecule has 0 radical (unpaired) electrons. The molecule has 0 bridgehead atoms. The van der Waals surface area contributed by atoms with Gasteiger partial charge in [-0.15, -0.1) is 0 Å². The van der Waals surface area contributed by atoms with Gasteiger partial charge in [-0.3, -0.25) is 19.2 Å². The van der Waals surface area contributed by atoms with Crippen LogP contribution in [0, 0.1) is 29.6 Å². The van der Waals surface area contributed by atoms with Crippen molar-refractivity contribution in [2.45, 2.75) is 118 Å². The zero-order chi connectivity index (χ0) is 29.0. The highest BCUT2D eigenvalue weighted by Crippen LogP contribution is 2.35. The first-order valence-corrected chi connectivity index (χ1v) is 14.5. The molecule has 0 saturated heterocycles. The molecule has 10 heteroatoms. The molecule has 1 saturated carbocycles. The highest BCUT2D eigenvalue weighted by Gasteiger charge is 2.42. The van der Waals surface area contributed by atoms with Crippen molar-refractivity contribution < 1.29 is 33.8 Å². The fourth-order valence-corrected chi connectivity index (χ4v) is 5.26. The van der Waals surface area contributed by atoms with E-state index in [0.29, 0.717) is 25.9 Å². The van der Waals surface area contributed by atoms with E-state index in [0.717, 1.165) is 19.3 Å². The van der Waals surface area contributed by atoms with Crippen LogP contribution in [0.5, 0.6) is 0 Å². The first-order chi connectivity index (χ1) is 17.8. The smallest absolute Gasteiger partial charge is 0.309 e. The first-order valence-electron chi connectivity index (χ1n) is 14.1. The van der Waals surface area contributed by atoms with Crippen molar-refractivity contribution in [2.75, 3.05) is 6.61 Å². The highest BCUT2D eigenvalue weighted by molar-refractivity contribution is 6.13. The van der Waals surface area contributed by atoms with Crippen LogP contribution in [0.3, 0.4) is 0 Å². The monoisotopic (exact) mass is 560 g/mol. The lowest BCUT2D eigenvalue weighted by Crippen LogP contribution is -2.51. The van der Waals surface area contributed by atoms with Gasteiger partial charge in [-0.2, -0.15) is 0 Å². The van der Waals surface area contributed by atoms with Crippen molar-refractivity contribution in [3.05, 3.63) is 0 Å². The third-order valence-corrected chi connectivity index (χ3v) is 7.30. The number of rotatable bonds is 17. The van der Waals surface area contributed by atoms with E-state index in [-0.39, 0.29) is 35.9 Å². The van der Waals surface area contributed by atoms with Crippen molar-refractivity contribution in [3.8, 4) is 0 Å². The Hall–Kier alpha value is -1.71. The van der Waals surface area contributed by atoms with Crippen LogP contribution in [0.25, 0.3) is 0 Å². The Morgan fingerprint density at radius 1 is 1.00 bits per heavy atom. The molecule has 0 spiro atoms. The largest absolute Gasteiger partial charge is 0.465 e. The molecule has 6 atom stereocenters. The lowest BCUT2D eigenvalue weighted by molar-refractivity contribution is -0.161. The number of hydrogen-bond acceptors (Lipinski definition) is 8. The molecule has 1 unspecified atom stereocenters. The van der Waals surface area contributed by atoms with E-state index in [1.54, 1.807) is 13.8 Å². The minimum absolute atomic E-state index is 0.0364. The average molecular weight is 561 g/mol. The topological polar surface area (TPSA) is 131 Å². The van der Waals surface area contributed by atoms with Gasteiger partial charge in [-0.25, -0.2) is 4.84 Å². The van der Waals surface area contributed by atoms with Gasteiger partial charge in [-0.05, 0) is 55.2 Å². The summed E-state index contributed by atoms with van der Waals surface area (Å²) in [5.74, 6) is -3.15. The Morgan fingerprint density at radius 3 is 2.16 bits per heavy atom. The number of Topliss-reactive ketones (excluding diaryl/α,β-unsaturated/α-hetero) is 1. The van der Waals surface area contributed by atoms with E-state index >= 15 is 0 Å². The lowest BCUT2D eigenvalue weighted by atomic mass is 9.85. The average Bonchev–Trinajstić information content (AvgIpc) is 3.31. The molecule has 0 aromatic rings. The third kappa shape index (κ3) is 10.8. The summed E-state index contributed by atoms with van der Waals surface area (Å²) in [6.07, 6.45) is 1.41. The van der Waals surface area contributed by atoms with Gasteiger partial charge in [0.1, 0.15) is 0 Å². The number of nitrogens with one attached hydrogen (secondary N) is 2. The Kier molecular flexibility index (Phi) is 15.4. The van der Waals surface area contributed by atoms with Crippen molar-refractivity contribution in [3.63, 3.8) is 0 Å². The van der Waals surface area contributed by atoms with Crippen LogP contribution in [-0.2, 0) is 28.7 Å². The van der Waals surface area contributed by atoms with Crippen molar-refractivity contribution in [1.82, 2.24) is 10.2 Å². The minimum atomic E-state index is -1.14. The van der Waals surface area contributed by atoms with Gasteiger partial charge in [0.15, 0.2) is 11.9 Å². The number of aliphatic hydroxyl groups excluding tert-OH is 1. The maximum atomic E-state index is 13.6. The summed E-state index contributed by atoms with van der Waals surface area (Å²) in [5, 5.41) is 13.2. The summed E-state index contributed by atoms with van der Waals surface area (Å²) in [6, 6.07) is -1.34. The van der Waals surface area contributed by atoms with E-state index < -0.39 is 48.0 Å². The van der Waals surface area contributed by atoms with E-state index in [2.05, 4.69) is 10.2 Å². The first kappa shape index (κ1) is 34.3. The lowest BCUT2D eigenvalue weighted by Gasteiger charge is -2.28. The minimum Gasteiger partial charge on any atom is -0.465 e. The number of carbonyl (C=O) groups excluding carboxylic acids is 4. The molecule has 1 rings (SSSR count). The Balaban J connectivity index is 2.95. The summed E-state index contributed by atoms with van der Waals surface area (Å²) in [6.45, 7) is 13.4. The summed E-state index contributed by atoms with van der Waals surface area (Å²) < 4.78 is 10.9. The molecule has 3 N–H and O–H groups in total. The normalized spacial score (nSPS) is 20.7. The van der Waals surface area contributed by atoms with Crippen molar-refractivity contribution in [2.24, 2.45) is 29.6 Å². The molecule has 0 heterocycles. The van der Waals surface area contributed by atoms with Gasteiger partial charge in [-0.1, -0.05) is 61.3 Å². The number of ether oxygens (including phenoxy) is 2. The zero-order valence-electron chi connectivity index (χ0n) is 24.1. The van der Waals surface area contributed by atoms with E-state index in [1.165, 1.54) is 0 Å². The van der Waals surface area contributed by atoms with Gasteiger partial charge in [0.25, 0.3) is 5.91 Å². The molecule has 1 fully saturated rings. The maximum Gasteiger partial charge on any atom is 0.309 e. The third-order valence-electron chi connectivity index (χ3n) is 7.05. The van der Waals surface area contributed by atoms with Crippen LogP contribution >= 0.6 is 11.8 Å². The second-order valence-electron chi connectivity index (χ2n) is 11.6. The van der Waals surface area contributed by atoms with Gasteiger partial charge in [0, 0.05) is 5.92 Å². The molecule has 9 nitrogen and oxygen atoms in total. The molecular weight excluding hydrogens is 512 g/mol. The fourth-order valence-electron chi connectivity index (χ4n) is 4.86. The summed E-state index contributed by atoms with van der Waals surface area (Å²) in [7, 11) is 0. The molecule has 0 aliphatic heterocycles. The number of ketones is 1. The predicted octanol–water partition coefficient (Wildman–Crippen LogP) is 3.93. The number of carbonyl (C=O) groups is 4. The van der Waals surface area contributed by atoms with Crippen molar-refractivity contribution >= 4 is 35.4 Å². The van der Waals surface area contributed by atoms with Crippen molar-refractivity contribution in [1.29, 1.82) is 0 Å². The van der Waals surface area contributed by atoms with Crippen LogP contribution in [0.15, 0.2) is 0 Å². The number of amides is 1. The molecule has 1 aliphatic rings. The Labute approximate surface area is 233 Å². The van der Waals surface area contributed by atoms with Gasteiger partial charge in [0.2, 0.25) is 0 Å². The van der Waals surface area contributed by atoms with Crippen LogP contribution in [0.4, 0.5) is 0 Å². The standard InChI is InChI=1S/C28H49ClN2O7/c1-8-9-13-37-28(36)20-12-10-11-19(20)25(34)21(14-16(2)3)30-27(35)26(18(6)7)38-23(33)15-22(32)24(31-29)17(4)5/h16-22,24,26,31-32H,8-15H2,1-7H3,(H,30,35)/t19?,20-,21+,22+,24-,26+/m1/s1. The second-order valence-corrected chi connectivity index (χ2v) is 11.8. The number of aliphatic hydroxyl groups is 1. The number of unbranched alkanes of at least 4 members (excludes halogenated alkanes) is 1. The second kappa shape index (κ2) is 17.1. The molecule has 38 heavy (non-hydrogen) atoms. The van der Waals surface area contributed by atoms with E-state index in [9.17, 15) is 24.3 Å². The van der Waals surface area contributed by atoms with Crippen LogP contribution in [0.1, 0.15) is 93.4 Å². The molecule has 1 aliphatic carbocycles. The van der Waals surface area contributed by atoms with Crippen LogP contribution in [0.2, 0.25) is 0 Å². The van der Waals surface area contributed by atoms with Gasteiger partial charge >= 0.3 is 11.9 Å². The van der Waals surface area contributed by atoms with Crippen LogP contribution in [-0.4, -0.2) is 59.6 Å². The van der Waals surface area contributed by atoms with Crippen LogP contribution < -0.4 is 10.2 Å². The Bertz CT molecular complexity index is 774. The van der Waals surface area contributed by atoms with Gasteiger partial charge < -0.3 is 19.9 Å². The quantitative estimate of drug-likeness (QED) is 0.138. The predicted molar refractivity (Wildman–Crippen MR) is 146 cm³/mol. The number of hydrogen-bond donors (Lipinski definition) is 3. The summed E-state index contributed by atoms with van der Waals surface area (Å²) in [4.78, 5) is 54.6. The van der Waals surface area contributed by atoms with Gasteiger partial charge in [0.05, 0.1) is 37.1 Å². The SMILES string of the molecule is CCCCOC(=O)[C@@H]1CCCC1C(=O)[C@H](CC(C)C)NC(=O)[C@@H](OC(=O)C[C@H](O)[C@H](NCl)C(C)C)C(C)C. The molecule has 0 aromatic heterocycles. The molecule has 220 valence electrons. The Morgan fingerprint density at radius 2 is 1.63 bits per heavy atom. The maximum absolute atomic E-state index is 13.6. The number of esters is 2. The fraction of sp³-hybridized carbons (Fsp3) is 0.857. The summed E-state index contributed by atoms with van der Waals surface area (Å²) in [5.41, 5.74) is 0. The highest BCUT2D eigenvalue weighted by atomic mass is 35.5.